The van der Waals surface area contributed by atoms with Crippen LogP contribution < -0.4 is 21.3 Å². The number of anilines is 5. The number of phenolic OH excluding ortho intramolecular Hbond substituents is 1. The summed E-state index contributed by atoms with van der Waals surface area (Å²) in [6.07, 6.45) is 2.96. The number of phenols is 1. The quantitative estimate of drug-likeness (QED) is 0.00343. The number of pyridine rings is 1. The van der Waals surface area contributed by atoms with Crippen LogP contribution in [0.5, 0.6) is 5.75 Å². The molecule has 0 saturated heterocycles. The zero-order valence-corrected chi connectivity index (χ0v) is 42.0. The fourth-order valence-corrected chi connectivity index (χ4v) is 7.82. The summed E-state index contributed by atoms with van der Waals surface area (Å²) in [7, 11) is -9.68. The third-order valence-corrected chi connectivity index (χ3v) is 12.0. The fourth-order valence-electron chi connectivity index (χ4n) is 6.62. The van der Waals surface area contributed by atoms with Crippen molar-refractivity contribution in [2.24, 2.45) is 25.6 Å². The molecule has 0 amide bonds. The maximum absolute atomic E-state index is 14.9. The molecule has 0 aliphatic carbocycles. The van der Waals surface area contributed by atoms with Crippen molar-refractivity contribution >= 4 is 84.3 Å². The van der Waals surface area contributed by atoms with E-state index in [2.05, 4.69) is 72.2 Å². The first kappa shape index (κ1) is 57.0. The van der Waals surface area contributed by atoms with E-state index >= 15 is 0 Å². The summed E-state index contributed by atoms with van der Waals surface area (Å²) in [4.78, 5) is 26.2. The van der Waals surface area contributed by atoms with Gasteiger partial charge in [0.1, 0.15) is 33.9 Å². The number of aryl methyl sites for hydroxylation is 2. The standard InChI is InChI=1S/C46H46FN15O9S2.Cu/c1-4-5-10-29-14-16-34(38(22-29)73(69,70)71)57-60-39-28(3)33(25-48)42(50-19-20-63)53-43(39)49-17-9-18-51-45-54-44(47)55-46(56-45)52-36-23-32(72(66,67)68)24-37(40(36)65)59-62-41(30-11-7-6-8-12-30)61-58-35-21-27(2)13-15-31(35)26-64;/h6-8,11-16,21-24,63H,4-5,9-10,17-20H2,1-3H3,(H7-,49,50,51,52,53,54,55,56,57,58,59,60,61,62,64,65,66,67,68,69,70,71);/q-2;+2. The number of halogens is 1. The summed E-state index contributed by atoms with van der Waals surface area (Å²) in [5.74, 6) is -1.48. The van der Waals surface area contributed by atoms with E-state index in [1.807, 2.05) is 13.0 Å². The van der Waals surface area contributed by atoms with Gasteiger partial charge in [-0.05, 0) is 62.6 Å². The van der Waals surface area contributed by atoms with Crippen LogP contribution in [0.4, 0.5) is 56.4 Å². The van der Waals surface area contributed by atoms with Crippen LogP contribution in [0.3, 0.4) is 0 Å². The monoisotopic (exact) mass is 1100 g/mol. The number of nitrogens with zero attached hydrogens (tertiary/aromatic N) is 11. The Morgan fingerprint density at radius 2 is 1.55 bits per heavy atom. The number of aliphatic hydroxyl groups is 1. The number of aromatic hydroxyl groups is 1. The Labute approximate surface area is 434 Å². The first-order chi connectivity index (χ1) is 34.9. The molecule has 0 fully saturated rings. The minimum atomic E-state index is -4.96. The summed E-state index contributed by atoms with van der Waals surface area (Å²) >= 11 is 0. The zero-order chi connectivity index (χ0) is 52.7. The topological polar surface area (TPSA) is 366 Å². The number of hydrogen-bond donors (Lipinski definition) is 8. The molecule has 2 heterocycles. The molecule has 0 unspecified atom stereocenters. The number of benzene rings is 4. The van der Waals surface area contributed by atoms with Crippen LogP contribution in [0.2, 0.25) is 0 Å². The fraction of sp³-hybridized carbons (Fsp3) is 0.239. The number of hydrogen-bond acceptors (Lipinski definition) is 20. The molecule has 389 valence electrons. The summed E-state index contributed by atoms with van der Waals surface area (Å²) in [6, 6.07) is 21.2. The Balaban J connectivity index is 0.0000101. The Bertz CT molecular complexity index is 3370. The zero-order valence-electron chi connectivity index (χ0n) is 39.4. The number of aliphatic hydroxyl groups excluding tert-OH is 1. The van der Waals surface area contributed by atoms with Gasteiger partial charge in [0.25, 0.3) is 20.2 Å². The second-order valence-corrected chi connectivity index (χ2v) is 18.4. The van der Waals surface area contributed by atoms with Gasteiger partial charge in [-0.15, -0.1) is 27.0 Å². The van der Waals surface area contributed by atoms with E-state index in [-0.39, 0.29) is 101 Å². The van der Waals surface area contributed by atoms with Crippen LogP contribution in [0, 0.1) is 31.3 Å². The molecule has 6 rings (SSSR count). The van der Waals surface area contributed by atoms with Crippen molar-refractivity contribution in [1.29, 1.82) is 5.26 Å². The summed E-state index contributed by atoms with van der Waals surface area (Å²) < 4.78 is 84.5. The largest absolute Gasteiger partial charge is 2.00 e. The van der Waals surface area contributed by atoms with Gasteiger partial charge in [0, 0.05) is 30.8 Å². The van der Waals surface area contributed by atoms with Gasteiger partial charge in [-0.25, -0.2) is 10.1 Å². The second kappa shape index (κ2) is 26.2. The molecule has 28 heteroatoms. The Morgan fingerprint density at radius 3 is 2.24 bits per heavy atom. The second-order valence-electron chi connectivity index (χ2n) is 15.6. The van der Waals surface area contributed by atoms with E-state index in [1.165, 1.54) is 18.2 Å². The van der Waals surface area contributed by atoms with Gasteiger partial charge in [0.2, 0.25) is 11.9 Å². The van der Waals surface area contributed by atoms with Gasteiger partial charge in [-0.2, -0.15) is 47.5 Å². The molecule has 0 atom stereocenters. The van der Waals surface area contributed by atoms with Crippen molar-refractivity contribution in [2.45, 2.75) is 56.2 Å². The predicted octanol–water partition coefficient (Wildman–Crippen LogP) is 8.52. The molecule has 8 N–H and O–H groups in total. The Morgan fingerprint density at radius 1 is 0.824 bits per heavy atom. The Hall–Kier alpha value is -7.90. The van der Waals surface area contributed by atoms with E-state index in [1.54, 1.807) is 68.7 Å². The number of rotatable bonds is 23. The van der Waals surface area contributed by atoms with E-state index in [0.29, 0.717) is 23.1 Å². The number of carbonyl (C=O) groups excluding carboxylic acids is 1. The van der Waals surface area contributed by atoms with Crippen LogP contribution in [-0.4, -0.2) is 94.5 Å². The van der Waals surface area contributed by atoms with E-state index in [0.717, 1.165) is 30.5 Å². The maximum Gasteiger partial charge on any atom is 2.00 e. The molecule has 0 aliphatic rings. The van der Waals surface area contributed by atoms with Crippen LogP contribution >= 0.6 is 0 Å². The van der Waals surface area contributed by atoms with E-state index < -0.39 is 59.2 Å². The molecule has 74 heavy (non-hydrogen) atoms. The third kappa shape index (κ3) is 15.3. The minimum Gasteiger partial charge on any atom is -0.571 e. The van der Waals surface area contributed by atoms with Crippen LogP contribution in [0.25, 0.3) is 5.43 Å². The van der Waals surface area contributed by atoms with Crippen molar-refractivity contribution in [2.75, 3.05) is 47.5 Å². The Kier molecular flexibility index (Phi) is 20.2. The van der Waals surface area contributed by atoms with Crippen molar-refractivity contribution in [3.8, 4) is 11.8 Å². The summed E-state index contributed by atoms with van der Waals surface area (Å²) in [5.41, 5.74) is 5.41. The molecule has 6 aromatic rings. The van der Waals surface area contributed by atoms with Gasteiger partial charge in [-0.1, -0.05) is 73.1 Å². The first-order valence-electron chi connectivity index (χ1n) is 22.0. The molecule has 4 aromatic carbocycles. The molecule has 0 aliphatic heterocycles. The predicted molar refractivity (Wildman–Crippen MR) is 267 cm³/mol. The molecular weight excluding hydrogens is 1050 g/mol. The normalized spacial score (nSPS) is 11.8. The number of nitrogens with one attached hydrogen (secondary N) is 4. The number of amidine groups is 1. The molecule has 24 nitrogen and oxygen atoms in total. The number of unbranched alkanes of at least 4 members (excludes halogenated alkanes) is 1. The van der Waals surface area contributed by atoms with Crippen molar-refractivity contribution in [1.82, 2.24) is 19.9 Å². The van der Waals surface area contributed by atoms with Crippen molar-refractivity contribution < 1.29 is 62.4 Å². The van der Waals surface area contributed by atoms with Crippen molar-refractivity contribution in [3.63, 3.8) is 0 Å². The first-order valence-corrected chi connectivity index (χ1v) is 24.9. The average molecular weight is 1100 g/mol. The van der Waals surface area contributed by atoms with Crippen LogP contribution in [-0.2, 0) is 48.5 Å². The van der Waals surface area contributed by atoms with Gasteiger partial charge in [-0.3, -0.25) is 9.11 Å². The van der Waals surface area contributed by atoms with Crippen LogP contribution in [0.1, 0.15) is 59.6 Å². The average Bonchev–Trinajstić information content (AvgIpc) is 3.35. The van der Waals surface area contributed by atoms with Gasteiger partial charge in [0.15, 0.2) is 11.7 Å². The van der Waals surface area contributed by atoms with Gasteiger partial charge >= 0.3 is 23.1 Å². The SMILES string of the molecule is CCCCc1ccc(N=Nc2c(NCCCNc3nc(F)nc(Nc4cc(S(=O)(=O)O)cc([N-]/N=C(\N=Nc5cc(C)ccc5[C-]=O)c5ccccc5)c4O)n3)nc(NCCO)c(C#N)c2C)c(S(=O)(=O)O)c1.[Cu+2]. The van der Waals surface area contributed by atoms with E-state index in [4.69, 9.17) is 0 Å². The maximum atomic E-state index is 14.9. The molecule has 0 saturated carbocycles. The van der Waals surface area contributed by atoms with E-state index in [9.17, 15) is 50.6 Å². The molecule has 0 spiro atoms. The van der Waals surface area contributed by atoms with Crippen molar-refractivity contribution in [3.05, 3.63) is 124 Å². The summed E-state index contributed by atoms with van der Waals surface area (Å²) in [5, 5.41) is 62.9. The molecule has 0 bridgehead atoms. The third-order valence-electron chi connectivity index (χ3n) is 10.3. The number of aromatic nitrogens is 4. The smallest absolute Gasteiger partial charge is 0.571 e. The molecule has 2 aromatic heterocycles. The molecular formula is C46H46CuFN15O9S2. The number of azo groups is 2. The number of nitriles is 1. The molecule has 1 radical (unpaired) electrons. The van der Waals surface area contributed by atoms with Gasteiger partial charge in [0.05, 0.1) is 29.0 Å². The van der Waals surface area contributed by atoms with Gasteiger partial charge < -0.3 is 46.8 Å². The van der Waals surface area contributed by atoms with Crippen LogP contribution in [0.15, 0.2) is 114 Å². The minimum absolute atomic E-state index is 0. The summed E-state index contributed by atoms with van der Waals surface area (Å²) in [6.45, 7) is 5.31.